The third kappa shape index (κ3) is 5.04. The SMILES string of the molecule is c1ccc(-c2ccc(-c3nc4cc5sc6cccc(-c7nc(-c8ccccc8)nc(-c8cccc9oc%10ccccc%10c89)n7)c6c5cc4s3)cc2)cc1. The summed E-state index contributed by atoms with van der Waals surface area (Å²) in [4.78, 5) is 20.6. The fraction of sp³-hybridized carbons (Fsp3) is 0. The predicted molar refractivity (Wildman–Crippen MR) is 220 cm³/mol. The van der Waals surface area contributed by atoms with Gasteiger partial charge in [0.25, 0.3) is 0 Å². The summed E-state index contributed by atoms with van der Waals surface area (Å²) in [5.41, 5.74) is 8.98. The van der Waals surface area contributed by atoms with Crippen LogP contribution in [-0.4, -0.2) is 19.9 Å². The Morgan fingerprint density at radius 3 is 1.79 bits per heavy atom. The summed E-state index contributed by atoms with van der Waals surface area (Å²) in [6, 6.07) is 54.4. The van der Waals surface area contributed by atoms with E-state index in [-0.39, 0.29) is 0 Å². The average Bonchev–Trinajstić information content (AvgIpc) is 3.93. The maximum Gasteiger partial charge on any atom is 0.164 e. The van der Waals surface area contributed by atoms with Crippen LogP contribution in [0.25, 0.3) is 108 Å². The zero-order chi connectivity index (χ0) is 34.9. The highest BCUT2D eigenvalue weighted by Crippen LogP contribution is 2.44. The number of hydrogen-bond acceptors (Lipinski definition) is 7. The maximum absolute atomic E-state index is 6.25. The second-order valence-corrected chi connectivity index (χ2v) is 15.1. The highest BCUT2D eigenvalue weighted by molar-refractivity contribution is 7.26. The monoisotopic (exact) mass is 714 g/mol. The number of furan rings is 1. The molecular weight excluding hydrogens is 689 g/mol. The molecule has 0 bridgehead atoms. The third-order valence-electron chi connectivity index (χ3n) is 9.80. The van der Waals surface area contributed by atoms with E-state index in [1.807, 2.05) is 66.7 Å². The summed E-state index contributed by atoms with van der Waals surface area (Å²) >= 11 is 3.50. The number of hydrogen-bond donors (Lipinski definition) is 0. The van der Waals surface area contributed by atoms with Gasteiger partial charge in [-0.15, -0.1) is 22.7 Å². The summed E-state index contributed by atoms with van der Waals surface area (Å²) in [6.45, 7) is 0. The average molecular weight is 715 g/mol. The fourth-order valence-corrected chi connectivity index (χ4v) is 9.43. The second-order valence-electron chi connectivity index (χ2n) is 13.0. The molecule has 0 saturated carbocycles. The van der Waals surface area contributed by atoms with Crippen molar-refractivity contribution in [1.29, 1.82) is 0 Å². The van der Waals surface area contributed by atoms with Crippen LogP contribution in [0.4, 0.5) is 0 Å². The van der Waals surface area contributed by atoms with Crippen LogP contribution in [0.3, 0.4) is 0 Å². The van der Waals surface area contributed by atoms with E-state index in [0.717, 1.165) is 64.8 Å². The van der Waals surface area contributed by atoms with Gasteiger partial charge in [-0.05, 0) is 41.5 Å². The number of thiophene rings is 1. The first-order valence-corrected chi connectivity index (χ1v) is 19.0. The molecule has 7 heteroatoms. The first-order chi connectivity index (χ1) is 26.2. The van der Waals surface area contributed by atoms with Crippen molar-refractivity contribution in [3.05, 3.63) is 158 Å². The minimum absolute atomic E-state index is 0.607. The molecule has 5 nitrogen and oxygen atoms in total. The molecular formula is C46H26N4OS2. The summed E-state index contributed by atoms with van der Waals surface area (Å²) in [7, 11) is 0. The van der Waals surface area contributed by atoms with Crippen molar-refractivity contribution in [2.45, 2.75) is 0 Å². The molecule has 0 atom stereocenters. The molecule has 0 fully saturated rings. The van der Waals surface area contributed by atoms with Gasteiger partial charge in [-0.1, -0.05) is 127 Å². The molecule has 0 aliphatic rings. The van der Waals surface area contributed by atoms with Crippen LogP contribution in [0.5, 0.6) is 0 Å². The maximum atomic E-state index is 6.25. The third-order valence-corrected chi connectivity index (χ3v) is 12.0. The smallest absolute Gasteiger partial charge is 0.164 e. The molecule has 0 saturated heterocycles. The van der Waals surface area contributed by atoms with Gasteiger partial charge >= 0.3 is 0 Å². The van der Waals surface area contributed by atoms with Crippen LogP contribution in [0.1, 0.15) is 0 Å². The van der Waals surface area contributed by atoms with Crippen LogP contribution in [0.15, 0.2) is 162 Å². The van der Waals surface area contributed by atoms with Crippen LogP contribution >= 0.6 is 22.7 Å². The molecule has 0 aliphatic heterocycles. The highest BCUT2D eigenvalue weighted by Gasteiger charge is 2.20. The quantitative estimate of drug-likeness (QED) is 0.178. The van der Waals surface area contributed by atoms with E-state index in [1.54, 1.807) is 22.7 Å². The minimum Gasteiger partial charge on any atom is -0.456 e. The number of fused-ring (bicyclic) bond motifs is 7. The van der Waals surface area contributed by atoms with Crippen LogP contribution in [-0.2, 0) is 0 Å². The highest BCUT2D eigenvalue weighted by atomic mass is 32.1. The van der Waals surface area contributed by atoms with Crippen molar-refractivity contribution in [2.75, 3.05) is 0 Å². The van der Waals surface area contributed by atoms with Crippen molar-refractivity contribution in [2.24, 2.45) is 0 Å². The molecule has 11 rings (SSSR count). The first-order valence-electron chi connectivity index (χ1n) is 17.4. The topological polar surface area (TPSA) is 64.7 Å². The predicted octanol–water partition coefficient (Wildman–Crippen LogP) is 13.1. The second kappa shape index (κ2) is 12.0. The Morgan fingerprint density at radius 2 is 1.00 bits per heavy atom. The lowest BCUT2D eigenvalue weighted by Gasteiger charge is -2.10. The molecule has 248 valence electrons. The van der Waals surface area contributed by atoms with Crippen LogP contribution in [0, 0.1) is 0 Å². The van der Waals surface area contributed by atoms with Gasteiger partial charge in [-0.3, -0.25) is 0 Å². The van der Waals surface area contributed by atoms with Crippen molar-refractivity contribution < 1.29 is 4.42 Å². The molecule has 0 N–H and O–H groups in total. The molecule has 0 radical (unpaired) electrons. The van der Waals surface area contributed by atoms with Gasteiger partial charge in [-0.25, -0.2) is 19.9 Å². The van der Waals surface area contributed by atoms with E-state index in [0.29, 0.717) is 17.5 Å². The Hall–Kier alpha value is -6.54. The Labute approximate surface area is 311 Å². The zero-order valence-corrected chi connectivity index (χ0v) is 29.7. The Bertz CT molecular complexity index is 3160. The normalized spacial score (nSPS) is 11.8. The number of thiazole rings is 1. The van der Waals surface area contributed by atoms with Gasteiger partial charge in [0.05, 0.1) is 10.2 Å². The molecule has 7 aromatic carbocycles. The number of benzene rings is 7. The molecule has 11 aromatic rings. The largest absolute Gasteiger partial charge is 0.456 e. The Balaban J connectivity index is 1.08. The lowest BCUT2D eigenvalue weighted by molar-refractivity contribution is 0.669. The Kier molecular flexibility index (Phi) is 6.83. The zero-order valence-electron chi connectivity index (χ0n) is 28.0. The molecule has 0 amide bonds. The molecule has 53 heavy (non-hydrogen) atoms. The lowest BCUT2D eigenvalue weighted by Crippen LogP contribution is -2.00. The molecule has 0 unspecified atom stereocenters. The van der Waals surface area contributed by atoms with Gasteiger partial charge in [0, 0.05) is 53.2 Å². The van der Waals surface area contributed by atoms with Crippen molar-refractivity contribution in [1.82, 2.24) is 19.9 Å². The van der Waals surface area contributed by atoms with Gasteiger partial charge in [0.1, 0.15) is 16.2 Å². The van der Waals surface area contributed by atoms with Gasteiger partial charge < -0.3 is 4.42 Å². The summed E-state index contributed by atoms with van der Waals surface area (Å²) < 4.78 is 9.76. The van der Waals surface area contributed by atoms with Crippen molar-refractivity contribution >= 4 is 75.0 Å². The summed E-state index contributed by atoms with van der Waals surface area (Å²) in [6.07, 6.45) is 0. The van der Waals surface area contributed by atoms with Gasteiger partial charge in [0.2, 0.25) is 0 Å². The molecule has 4 heterocycles. The number of para-hydroxylation sites is 1. The summed E-state index contributed by atoms with van der Waals surface area (Å²) in [5, 5.41) is 5.36. The lowest BCUT2D eigenvalue weighted by atomic mass is 10.0. The molecule has 0 aliphatic carbocycles. The molecule has 4 aromatic heterocycles. The minimum atomic E-state index is 0.607. The number of nitrogens with zero attached hydrogens (tertiary/aromatic N) is 4. The Morgan fingerprint density at radius 1 is 0.377 bits per heavy atom. The van der Waals surface area contributed by atoms with Crippen molar-refractivity contribution in [3.8, 4) is 55.9 Å². The van der Waals surface area contributed by atoms with Crippen molar-refractivity contribution in [3.63, 3.8) is 0 Å². The van der Waals surface area contributed by atoms with E-state index in [2.05, 4.69) is 91.0 Å². The first kappa shape index (κ1) is 30.1. The summed E-state index contributed by atoms with van der Waals surface area (Å²) in [5.74, 6) is 1.86. The number of rotatable bonds is 5. The van der Waals surface area contributed by atoms with Crippen LogP contribution < -0.4 is 0 Å². The van der Waals surface area contributed by atoms with E-state index in [9.17, 15) is 0 Å². The van der Waals surface area contributed by atoms with E-state index < -0.39 is 0 Å². The number of aromatic nitrogens is 4. The standard InChI is InChI=1S/C46H26N4OS2/c1-3-11-27(12-4-1)28-21-23-30(24-22-28)46-47-35-26-39-34(25-40(35)53-46)42-33(17-10-20-38(42)52-39)45-49-43(29-13-5-2-6-14-29)48-44(50-45)32-16-9-19-37-41(32)31-15-7-8-18-36(31)51-37/h1-26H. The van der Waals surface area contributed by atoms with E-state index >= 15 is 0 Å². The van der Waals surface area contributed by atoms with Gasteiger partial charge in [-0.2, -0.15) is 0 Å². The van der Waals surface area contributed by atoms with E-state index in [4.69, 9.17) is 24.4 Å². The molecule has 0 spiro atoms. The van der Waals surface area contributed by atoms with Gasteiger partial charge in [0.15, 0.2) is 17.5 Å². The fourth-order valence-electron chi connectivity index (χ4n) is 7.29. The van der Waals surface area contributed by atoms with E-state index in [1.165, 1.54) is 25.9 Å². The van der Waals surface area contributed by atoms with Crippen LogP contribution in [0.2, 0.25) is 0 Å².